The van der Waals surface area contributed by atoms with Crippen molar-refractivity contribution in [3.63, 3.8) is 0 Å². The molecule has 3 rings (SSSR count). The van der Waals surface area contributed by atoms with E-state index in [1.807, 2.05) is 39.2 Å². The third kappa shape index (κ3) is 1.87. The van der Waals surface area contributed by atoms with E-state index in [-0.39, 0.29) is 0 Å². The summed E-state index contributed by atoms with van der Waals surface area (Å²) >= 11 is 1.62. The fourth-order valence-electron chi connectivity index (χ4n) is 2.08. The predicted molar refractivity (Wildman–Crippen MR) is 73.8 cm³/mol. The minimum atomic E-state index is -0.429. The summed E-state index contributed by atoms with van der Waals surface area (Å²) in [6.45, 7) is 5.88. The minimum absolute atomic E-state index is 0.429. The SMILES string of the molecule is CSc1ccc(-c2noc3c2N=NC3(C)C)c(C)n1. The van der Waals surface area contributed by atoms with Crippen LogP contribution in [-0.2, 0) is 5.54 Å². The third-order valence-corrected chi connectivity index (χ3v) is 3.79. The molecule has 3 heterocycles. The van der Waals surface area contributed by atoms with E-state index < -0.39 is 5.54 Å². The van der Waals surface area contributed by atoms with Gasteiger partial charge in [-0.2, -0.15) is 5.11 Å². The molecule has 0 fully saturated rings. The van der Waals surface area contributed by atoms with Crippen LogP contribution in [0.3, 0.4) is 0 Å². The summed E-state index contributed by atoms with van der Waals surface area (Å²) < 4.78 is 5.42. The van der Waals surface area contributed by atoms with Crippen LogP contribution >= 0.6 is 11.8 Å². The van der Waals surface area contributed by atoms with Gasteiger partial charge < -0.3 is 4.52 Å². The Balaban J connectivity index is 2.13. The van der Waals surface area contributed by atoms with Gasteiger partial charge in [0.05, 0.1) is 5.03 Å². The topological polar surface area (TPSA) is 63.6 Å². The van der Waals surface area contributed by atoms with Crippen LogP contribution < -0.4 is 0 Å². The maximum absolute atomic E-state index is 5.42. The smallest absolute Gasteiger partial charge is 0.193 e. The van der Waals surface area contributed by atoms with Gasteiger partial charge in [0.2, 0.25) is 0 Å². The monoisotopic (exact) mass is 274 g/mol. The van der Waals surface area contributed by atoms with Gasteiger partial charge in [-0.25, -0.2) is 4.98 Å². The Morgan fingerprint density at radius 2 is 2.05 bits per heavy atom. The molecule has 0 spiro atoms. The van der Waals surface area contributed by atoms with Crippen LogP contribution in [-0.4, -0.2) is 16.4 Å². The molecule has 0 saturated heterocycles. The molecule has 0 bridgehead atoms. The summed E-state index contributed by atoms with van der Waals surface area (Å²) in [5, 5.41) is 13.6. The van der Waals surface area contributed by atoms with Crippen molar-refractivity contribution in [2.75, 3.05) is 6.26 Å². The number of nitrogens with zero attached hydrogens (tertiary/aromatic N) is 4. The summed E-state index contributed by atoms with van der Waals surface area (Å²) in [5.41, 5.74) is 2.89. The average Bonchev–Trinajstić information content (AvgIpc) is 2.91. The van der Waals surface area contributed by atoms with Crippen molar-refractivity contribution >= 4 is 17.4 Å². The van der Waals surface area contributed by atoms with Crippen molar-refractivity contribution in [2.24, 2.45) is 10.2 Å². The van der Waals surface area contributed by atoms with Gasteiger partial charge in [0.25, 0.3) is 0 Å². The molecule has 2 aromatic rings. The maximum Gasteiger partial charge on any atom is 0.193 e. The van der Waals surface area contributed by atoms with Crippen LogP contribution in [0.5, 0.6) is 0 Å². The molecule has 0 aromatic carbocycles. The Morgan fingerprint density at radius 1 is 1.26 bits per heavy atom. The first-order valence-electron chi connectivity index (χ1n) is 5.98. The highest BCUT2D eigenvalue weighted by Crippen LogP contribution is 2.45. The van der Waals surface area contributed by atoms with Gasteiger partial charge in [0.1, 0.15) is 11.2 Å². The molecule has 5 nitrogen and oxygen atoms in total. The first-order valence-corrected chi connectivity index (χ1v) is 7.20. The zero-order valence-corrected chi connectivity index (χ0v) is 12.1. The van der Waals surface area contributed by atoms with Crippen LogP contribution in [0.15, 0.2) is 31.9 Å². The molecular formula is C13H14N4OS. The molecule has 2 aromatic heterocycles. The van der Waals surface area contributed by atoms with Crippen molar-refractivity contribution < 1.29 is 4.52 Å². The van der Waals surface area contributed by atoms with Crippen LogP contribution in [0, 0.1) is 6.92 Å². The van der Waals surface area contributed by atoms with Crippen LogP contribution in [0.2, 0.25) is 0 Å². The number of thioether (sulfide) groups is 1. The van der Waals surface area contributed by atoms with E-state index in [0.29, 0.717) is 0 Å². The van der Waals surface area contributed by atoms with E-state index in [1.165, 1.54) is 0 Å². The van der Waals surface area contributed by atoms with Crippen molar-refractivity contribution in [3.8, 4) is 11.3 Å². The normalized spacial score (nSPS) is 15.8. The Labute approximate surface area is 115 Å². The summed E-state index contributed by atoms with van der Waals surface area (Å²) in [6.07, 6.45) is 2.01. The summed E-state index contributed by atoms with van der Waals surface area (Å²) in [7, 11) is 0. The lowest BCUT2D eigenvalue weighted by molar-refractivity contribution is 0.327. The Morgan fingerprint density at radius 3 is 2.74 bits per heavy atom. The van der Waals surface area contributed by atoms with Gasteiger partial charge in [-0.15, -0.1) is 16.9 Å². The molecule has 1 aliphatic rings. The molecule has 0 atom stereocenters. The second-order valence-corrected chi connectivity index (χ2v) is 5.78. The van der Waals surface area contributed by atoms with E-state index in [2.05, 4.69) is 20.4 Å². The molecule has 0 unspecified atom stereocenters. The first-order chi connectivity index (χ1) is 9.03. The molecule has 0 N–H and O–H groups in total. The van der Waals surface area contributed by atoms with Crippen molar-refractivity contribution in [1.29, 1.82) is 0 Å². The molecule has 98 valence electrons. The lowest BCUT2D eigenvalue weighted by Gasteiger charge is -2.06. The standard InChI is InChI=1S/C13H14N4OS/c1-7-8(5-6-9(14-7)19-4)10-11-12(18-16-10)13(2,3)17-15-11/h5-6H,1-4H3. The second kappa shape index (κ2) is 4.16. The number of aromatic nitrogens is 2. The Bertz CT molecular complexity index is 675. The number of fused-ring (bicyclic) bond motifs is 1. The summed E-state index contributed by atoms with van der Waals surface area (Å²) in [4.78, 5) is 4.52. The minimum Gasteiger partial charge on any atom is -0.356 e. The van der Waals surface area contributed by atoms with Crippen LogP contribution in [0.4, 0.5) is 5.69 Å². The van der Waals surface area contributed by atoms with Gasteiger partial charge in [0, 0.05) is 11.3 Å². The fourth-order valence-corrected chi connectivity index (χ4v) is 2.51. The molecule has 0 radical (unpaired) electrons. The van der Waals surface area contributed by atoms with E-state index in [4.69, 9.17) is 4.52 Å². The number of hydrogen-bond acceptors (Lipinski definition) is 6. The number of azo groups is 1. The van der Waals surface area contributed by atoms with Gasteiger partial charge in [-0.3, -0.25) is 0 Å². The molecule has 19 heavy (non-hydrogen) atoms. The number of aryl methyl sites for hydroxylation is 1. The fraction of sp³-hybridized carbons (Fsp3) is 0.385. The summed E-state index contributed by atoms with van der Waals surface area (Å²) in [6, 6.07) is 3.98. The van der Waals surface area contributed by atoms with E-state index >= 15 is 0 Å². The molecular weight excluding hydrogens is 260 g/mol. The largest absolute Gasteiger partial charge is 0.356 e. The van der Waals surface area contributed by atoms with Crippen LogP contribution in [0.1, 0.15) is 25.3 Å². The number of hydrogen-bond donors (Lipinski definition) is 0. The van der Waals surface area contributed by atoms with Gasteiger partial charge in [-0.1, -0.05) is 5.16 Å². The van der Waals surface area contributed by atoms with E-state index in [1.54, 1.807) is 11.8 Å². The summed E-state index contributed by atoms with van der Waals surface area (Å²) in [5.74, 6) is 0.718. The molecule has 0 amide bonds. The highest BCUT2D eigenvalue weighted by Gasteiger charge is 2.36. The van der Waals surface area contributed by atoms with Crippen molar-refractivity contribution in [1.82, 2.24) is 10.1 Å². The second-order valence-electron chi connectivity index (χ2n) is 4.95. The number of pyridine rings is 1. The Kier molecular flexibility index (Phi) is 2.70. The predicted octanol–water partition coefficient (Wildman–Crippen LogP) is 4.10. The van der Waals surface area contributed by atoms with E-state index in [0.717, 1.165) is 33.4 Å². The van der Waals surface area contributed by atoms with Gasteiger partial charge in [-0.05, 0) is 39.2 Å². The average molecular weight is 274 g/mol. The Hall–Kier alpha value is -1.69. The highest BCUT2D eigenvalue weighted by molar-refractivity contribution is 7.98. The van der Waals surface area contributed by atoms with Gasteiger partial charge >= 0.3 is 0 Å². The van der Waals surface area contributed by atoms with Crippen molar-refractivity contribution in [3.05, 3.63) is 23.6 Å². The third-order valence-electron chi connectivity index (χ3n) is 3.15. The molecule has 6 heteroatoms. The lowest BCUT2D eigenvalue weighted by Crippen LogP contribution is -2.08. The first kappa shape index (κ1) is 12.3. The molecule has 1 aliphatic heterocycles. The zero-order chi connectivity index (χ0) is 13.6. The molecule has 0 saturated carbocycles. The van der Waals surface area contributed by atoms with Crippen LogP contribution in [0.25, 0.3) is 11.3 Å². The zero-order valence-electron chi connectivity index (χ0n) is 11.3. The van der Waals surface area contributed by atoms with E-state index in [9.17, 15) is 0 Å². The van der Waals surface area contributed by atoms with Crippen molar-refractivity contribution in [2.45, 2.75) is 31.3 Å². The quantitative estimate of drug-likeness (QED) is 0.773. The molecule has 0 aliphatic carbocycles. The number of rotatable bonds is 2. The maximum atomic E-state index is 5.42. The van der Waals surface area contributed by atoms with Gasteiger partial charge in [0.15, 0.2) is 11.4 Å². The lowest BCUT2D eigenvalue weighted by atomic mass is 10.0. The highest BCUT2D eigenvalue weighted by atomic mass is 32.2.